The summed E-state index contributed by atoms with van der Waals surface area (Å²) in [6, 6.07) is 1.73. The molecule has 17 heavy (non-hydrogen) atoms. The summed E-state index contributed by atoms with van der Waals surface area (Å²) in [5.41, 5.74) is 0.313. The molecule has 3 unspecified atom stereocenters. The zero-order valence-corrected chi connectivity index (χ0v) is 12.4. The highest BCUT2D eigenvalue weighted by atomic mass is 16.5. The van der Waals surface area contributed by atoms with E-state index in [9.17, 15) is 0 Å². The second-order valence-electron chi connectivity index (χ2n) is 6.40. The maximum Gasteiger partial charge on any atom is 0.0615 e. The third-order valence-electron chi connectivity index (χ3n) is 3.90. The van der Waals surface area contributed by atoms with Crippen LogP contribution in [0.15, 0.2) is 0 Å². The molecule has 0 spiro atoms. The van der Waals surface area contributed by atoms with Crippen LogP contribution in [0.1, 0.15) is 41.0 Å². The summed E-state index contributed by atoms with van der Waals surface area (Å²) < 4.78 is 5.32. The Balaban J connectivity index is 2.74. The van der Waals surface area contributed by atoms with E-state index in [0.717, 1.165) is 19.7 Å². The molecule has 3 heteroatoms. The van der Waals surface area contributed by atoms with Gasteiger partial charge in [0, 0.05) is 38.3 Å². The van der Waals surface area contributed by atoms with Gasteiger partial charge >= 0.3 is 0 Å². The molecule has 1 heterocycles. The number of hydrogen-bond acceptors (Lipinski definition) is 3. The van der Waals surface area contributed by atoms with Gasteiger partial charge in [-0.15, -0.1) is 0 Å². The maximum atomic E-state index is 5.32. The molecule has 3 atom stereocenters. The van der Waals surface area contributed by atoms with Crippen molar-refractivity contribution in [2.75, 3.05) is 26.8 Å². The van der Waals surface area contributed by atoms with E-state index in [1.54, 1.807) is 7.11 Å². The Hall–Kier alpha value is -0.120. The van der Waals surface area contributed by atoms with Crippen LogP contribution < -0.4 is 5.32 Å². The van der Waals surface area contributed by atoms with Crippen molar-refractivity contribution < 1.29 is 4.74 Å². The van der Waals surface area contributed by atoms with Crippen LogP contribution in [0.5, 0.6) is 0 Å². The minimum Gasteiger partial charge on any atom is -0.383 e. The molecule has 102 valence electrons. The molecule has 0 aromatic heterocycles. The molecular formula is C14H30N2O. The highest BCUT2D eigenvalue weighted by Crippen LogP contribution is 2.28. The molecule has 1 rings (SSSR count). The van der Waals surface area contributed by atoms with Gasteiger partial charge in [-0.05, 0) is 18.8 Å². The van der Waals surface area contributed by atoms with Gasteiger partial charge in [-0.25, -0.2) is 0 Å². The first-order valence-electron chi connectivity index (χ1n) is 6.88. The van der Waals surface area contributed by atoms with Crippen LogP contribution in [0.3, 0.4) is 0 Å². The predicted octanol–water partition coefficient (Wildman–Crippen LogP) is 2.12. The van der Waals surface area contributed by atoms with E-state index in [2.05, 4.69) is 44.8 Å². The first-order chi connectivity index (χ1) is 7.90. The second kappa shape index (κ2) is 6.17. The minimum atomic E-state index is 0.313. The van der Waals surface area contributed by atoms with E-state index in [4.69, 9.17) is 4.74 Å². The molecule has 1 saturated heterocycles. The highest BCUT2D eigenvalue weighted by molar-refractivity contribution is 4.94. The van der Waals surface area contributed by atoms with Gasteiger partial charge in [0.2, 0.25) is 0 Å². The average Bonchev–Trinajstić information content (AvgIpc) is 2.27. The lowest BCUT2D eigenvalue weighted by atomic mass is 9.83. The summed E-state index contributed by atoms with van der Waals surface area (Å²) in [5, 5.41) is 3.67. The molecule has 1 fully saturated rings. The fourth-order valence-corrected chi connectivity index (χ4v) is 2.74. The smallest absolute Gasteiger partial charge is 0.0615 e. The fourth-order valence-electron chi connectivity index (χ4n) is 2.74. The zero-order chi connectivity index (χ0) is 13.1. The largest absolute Gasteiger partial charge is 0.383 e. The molecule has 3 nitrogen and oxygen atoms in total. The van der Waals surface area contributed by atoms with E-state index in [1.807, 2.05) is 0 Å². The topological polar surface area (TPSA) is 24.5 Å². The molecule has 0 aliphatic carbocycles. The highest BCUT2D eigenvalue weighted by Gasteiger charge is 2.37. The van der Waals surface area contributed by atoms with Crippen LogP contribution in [-0.4, -0.2) is 49.8 Å². The summed E-state index contributed by atoms with van der Waals surface area (Å²) in [5.74, 6) is 0. The van der Waals surface area contributed by atoms with Crippen molar-refractivity contribution in [2.24, 2.45) is 5.41 Å². The van der Waals surface area contributed by atoms with Gasteiger partial charge in [-0.1, -0.05) is 27.7 Å². The lowest BCUT2D eigenvalue weighted by Gasteiger charge is -2.48. The summed E-state index contributed by atoms with van der Waals surface area (Å²) >= 11 is 0. The first kappa shape index (κ1) is 14.9. The lowest BCUT2D eigenvalue weighted by Crippen LogP contribution is -2.63. The van der Waals surface area contributed by atoms with Gasteiger partial charge in [0.15, 0.2) is 0 Å². The van der Waals surface area contributed by atoms with E-state index < -0.39 is 0 Å². The monoisotopic (exact) mass is 242 g/mol. The number of piperazine rings is 1. The number of nitrogens with one attached hydrogen (secondary N) is 1. The van der Waals surface area contributed by atoms with Gasteiger partial charge in [-0.2, -0.15) is 0 Å². The van der Waals surface area contributed by atoms with Gasteiger partial charge in [0.1, 0.15) is 0 Å². The first-order valence-corrected chi connectivity index (χ1v) is 6.88. The molecule has 0 radical (unpaired) electrons. The van der Waals surface area contributed by atoms with E-state index in [0.29, 0.717) is 23.5 Å². The van der Waals surface area contributed by atoms with Crippen molar-refractivity contribution in [1.29, 1.82) is 0 Å². The molecule has 1 aliphatic heterocycles. The van der Waals surface area contributed by atoms with Gasteiger partial charge < -0.3 is 10.1 Å². The summed E-state index contributed by atoms with van der Waals surface area (Å²) in [6.07, 6.45) is 1.20. The quantitative estimate of drug-likeness (QED) is 0.817. The molecule has 0 aromatic rings. The third kappa shape index (κ3) is 3.94. The molecule has 1 N–H and O–H groups in total. The molecule has 0 saturated carbocycles. The van der Waals surface area contributed by atoms with Gasteiger partial charge in [-0.3, -0.25) is 4.90 Å². The predicted molar refractivity (Wildman–Crippen MR) is 73.4 cm³/mol. The third-order valence-corrected chi connectivity index (χ3v) is 3.90. The summed E-state index contributed by atoms with van der Waals surface area (Å²) in [6.45, 7) is 14.6. The van der Waals surface area contributed by atoms with Crippen LogP contribution in [0.25, 0.3) is 0 Å². The Morgan fingerprint density at radius 3 is 2.53 bits per heavy atom. The van der Waals surface area contributed by atoms with Crippen molar-refractivity contribution in [2.45, 2.75) is 59.2 Å². The normalized spacial score (nSPS) is 29.3. The lowest BCUT2D eigenvalue weighted by molar-refractivity contribution is -0.00180. The number of nitrogens with zero attached hydrogens (tertiary/aromatic N) is 1. The minimum absolute atomic E-state index is 0.313. The van der Waals surface area contributed by atoms with Crippen LogP contribution in [0, 0.1) is 5.41 Å². The van der Waals surface area contributed by atoms with Crippen molar-refractivity contribution in [3.8, 4) is 0 Å². The van der Waals surface area contributed by atoms with E-state index >= 15 is 0 Å². The SMILES string of the molecule is CCC1CN(C(C)COC)C(C(C)(C)C)CN1. The Kier molecular flexibility index (Phi) is 5.42. The van der Waals surface area contributed by atoms with Crippen LogP contribution in [0.2, 0.25) is 0 Å². The van der Waals surface area contributed by atoms with Crippen LogP contribution >= 0.6 is 0 Å². The Morgan fingerprint density at radius 1 is 1.41 bits per heavy atom. The van der Waals surface area contributed by atoms with Crippen molar-refractivity contribution in [1.82, 2.24) is 10.2 Å². The zero-order valence-electron chi connectivity index (χ0n) is 12.4. The maximum absolute atomic E-state index is 5.32. The van der Waals surface area contributed by atoms with Crippen molar-refractivity contribution in [3.05, 3.63) is 0 Å². The Morgan fingerprint density at radius 2 is 2.06 bits per heavy atom. The number of rotatable bonds is 4. The average molecular weight is 242 g/mol. The summed E-state index contributed by atoms with van der Waals surface area (Å²) in [4.78, 5) is 2.63. The molecule has 0 aromatic carbocycles. The van der Waals surface area contributed by atoms with Crippen molar-refractivity contribution >= 4 is 0 Å². The Labute approximate surface area is 107 Å². The Bertz CT molecular complexity index is 225. The van der Waals surface area contributed by atoms with Gasteiger partial charge in [0.05, 0.1) is 6.61 Å². The second-order valence-corrected chi connectivity index (χ2v) is 6.40. The van der Waals surface area contributed by atoms with Crippen molar-refractivity contribution in [3.63, 3.8) is 0 Å². The molecule has 1 aliphatic rings. The standard InChI is InChI=1S/C14H30N2O/c1-7-12-9-16(11(2)10-17-6)13(8-15-12)14(3,4)5/h11-13,15H,7-10H2,1-6H3. The van der Waals surface area contributed by atoms with Crippen LogP contribution in [0.4, 0.5) is 0 Å². The molecule has 0 amide bonds. The van der Waals surface area contributed by atoms with E-state index in [-0.39, 0.29) is 0 Å². The number of hydrogen-bond donors (Lipinski definition) is 1. The van der Waals surface area contributed by atoms with Crippen LogP contribution in [-0.2, 0) is 4.74 Å². The fraction of sp³-hybridized carbons (Fsp3) is 1.00. The molecular weight excluding hydrogens is 212 g/mol. The van der Waals surface area contributed by atoms with Gasteiger partial charge in [0.25, 0.3) is 0 Å². The molecule has 0 bridgehead atoms. The summed E-state index contributed by atoms with van der Waals surface area (Å²) in [7, 11) is 1.79. The number of methoxy groups -OCH3 is 1. The van der Waals surface area contributed by atoms with E-state index in [1.165, 1.54) is 6.42 Å². The number of ether oxygens (including phenoxy) is 1.